The molecular weight excluding hydrogens is 182 g/mol. The lowest BCUT2D eigenvalue weighted by molar-refractivity contribution is 0.266. The van der Waals surface area contributed by atoms with E-state index < -0.39 is 0 Å². The highest BCUT2D eigenvalue weighted by atomic mass is 15.0. The largest absolute Gasteiger partial charge is 0.313 e. The molecule has 2 unspecified atom stereocenters. The van der Waals surface area contributed by atoms with Crippen LogP contribution in [0.15, 0.2) is 30.3 Å². The van der Waals surface area contributed by atoms with Crippen LogP contribution < -0.4 is 5.32 Å². The maximum atomic E-state index is 3.65. The van der Waals surface area contributed by atoms with Crippen molar-refractivity contribution in [1.29, 1.82) is 0 Å². The zero-order valence-corrected chi connectivity index (χ0v) is 9.79. The van der Waals surface area contributed by atoms with Crippen LogP contribution in [-0.4, -0.2) is 12.6 Å². The Hall–Kier alpha value is -0.820. The average molecular weight is 203 g/mol. The lowest BCUT2D eigenvalue weighted by atomic mass is 9.78. The molecule has 1 aliphatic rings. The lowest BCUT2D eigenvalue weighted by Gasteiger charge is -2.30. The van der Waals surface area contributed by atoms with Crippen molar-refractivity contribution in [3.63, 3.8) is 0 Å². The summed E-state index contributed by atoms with van der Waals surface area (Å²) in [4.78, 5) is 0. The normalized spacial score (nSPS) is 30.7. The van der Waals surface area contributed by atoms with Crippen molar-refractivity contribution in [2.45, 2.75) is 39.2 Å². The van der Waals surface area contributed by atoms with E-state index in [1.807, 2.05) is 0 Å². The standard InChI is InChI=1S/C14H21N/c1-3-14(2)9-10-15-13(14)11-12-7-5-4-6-8-12/h4-8,13,15H,3,9-11H2,1-2H3. The Kier molecular flexibility index (Phi) is 3.11. The molecule has 0 aromatic heterocycles. The molecular formula is C14H21N. The van der Waals surface area contributed by atoms with Crippen molar-refractivity contribution in [3.8, 4) is 0 Å². The van der Waals surface area contributed by atoms with Crippen LogP contribution in [0.1, 0.15) is 32.3 Å². The molecule has 1 nitrogen and oxygen atoms in total. The predicted molar refractivity (Wildman–Crippen MR) is 65.0 cm³/mol. The molecule has 1 aromatic rings. The zero-order chi connectivity index (χ0) is 10.7. The highest BCUT2D eigenvalue weighted by molar-refractivity contribution is 5.17. The van der Waals surface area contributed by atoms with E-state index in [-0.39, 0.29) is 0 Å². The number of benzene rings is 1. The lowest BCUT2D eigenvalue weighted by Crippen LogP contribution is -2.36. The van der Waals surface area contributed by atoms with Gasteiger partial charge in [-0.05, 0) is 36.8 Å². The molecule has 2 rings (SSSR count). The van der Waals surface area contributed by atoms with E-state index in [0.717, 1.165) is 0 Å². The molecule has 1 fully saturated rings. The third-order valence-corrected chi connectivity index (χ3v) is 4.02. The molecule has 0 aliphatic carbocycles. The SMILES string of the molecule is CCC1(C)CCNC1Cc1ccccc1. The molecule has 0 spiro atoms. The molecule has 0 amide bonds. The topological polar surface area (TPSA) is 12.0 Å². The monoisotopic (exact) mass is 203 g/mol. The second kappa shape index (κ2) is 4.36. The quantitative estimate of drug-likeness (QED) is 0.796. The Morgan fingerprint density at radius 1 is 1.33 bits per heavy atom. The number of nitrogens with one attached hydrogen (secondary N) is 1. The Bertz CT molecular complexity index is 306. The second-order valence-electron chi connectivity index (χ2n) is 4.95. The minimum absolute atomic E-state index is 0.496. The Morgan fingerprint density at radius 3 is 2.73 bits per heavy atom. The maximum Gasteiger partial charge on any atom is 0.0162 e. The highest BCUT2D eigenvalue weighted by Gasteiger charge is 2.36. The minimum atomic E-state index is 0.496. The predicted octanol–water partition coefficient (Wildman–Crippen LogP) is 3.01. The van der Waals surface area contributed by atoms with Gasteiger partial charge in [0, 0.05) is 6.04 Å². The summed E-state index contributed by atoms with van der Waals surface area (Å²) in [6.45, 7) is 5.91. The second-order valence-corrected chi connectivity index (χ2v) is 4.95. The molecule has 15 heavy (non-hydrogen) atoms. The Morgan fingerprint density at radius 2 is 2.07 bits per heavy atom. The Labute approximate surface area is 92.9 Å². The first-order chi connectivity index (χ1) is 7.24. The van der Waals surface area contributed by atoms with Gasteiger partial charge in [0.2, 0.25) is 0 Å². The number of rotatable bonds is 3. The van der Waals surface area contributed by atoms with Crippen LogP contribution in [0.25, 0.3) is 0 Å². The van der Waals surface area contributed by atoms with Crippen LogP contribution in [0.4, 0.5) is 0 Å². The molecule has 1 aromatic carbocycles. The molecule has 1 saturated heterocycles. The van der Waals surface area contributed by atoms with Crippen LogP contribution in [0.2, 0.25) is 0 Å². The smallest absolute Gasteiger partial charge is 0.0162 e. The van der Waals surface area contributed by atoms with Gasteiger partial charge in [0.05, 0.1) is 0 Å². The van der Waals surface area contributed by atoms with Crippen LogP contribution in [0.3, 0.4) is 0 Å². The number of hydrogen-bond acceptors (Lipinski definition) is 1. The molecule has 2 atom stereocenters. The van der Waals surface area contributed by atoms with Gasteiger partial charge < -0.3 is 5.32 Å². The third kappa shape index (κ3) is 2.23. The van der Waals surface area contributed by atoms with E-state index in [9.17, 15) is 0 Å². The summed E-state index contributed by atoms with van der Waals surface area (Å²) in [5.74, 6) is 0. The molecule has 0 bridgehead atoms. The summed E-state index contributed by atoms with van der Waals surface area (Å²) >= 11 is 0. The van der Waals surface area contributed by atoms with Gasteiger partial charge >= 0.3 is 0 Å². The van der Waals surface area contributed by atoms with Gasteiger partial charge in [-0.25, -0.2) is 0 Å². The molecule has 1 aliphatic heterocycles. The van der Waals surface area contributed by atoms with Crippen LogP contribution >= 0.6 is 0 Å². The summed E-state index contributed by atoms with van der Waals surface area (Å²) in [6.07, 6.45) is 3.77. The van der Waals surface area contributed by atoms with E-state index >= 15 is 0 Å². The van der Waals surface area contributed by atoms with E-state index in [0.29, 0.717) is 11.5 Å². The van der Waals surface area contributed by atoms with Gasteiger partial charge in [0.1, 0.15) is 0 Å². The Balaban J connectivity index is 2.06. The molecule has 0 radical (unpaired) electrons. The summed E-state index contributed by atoms with van der Waals surface area (Å²) in [5.41, 5.74) is 1.95. The van der Waals surface area contributed by atoms with Crippen molar-refractivity contribution in [3.05, 3.63) is 35.9 Å². The molecule has 1 heterocycles. The van der Waals surface area contributed by atoms with Crippen molar-refractivity contribution < 1.29 is 0 Å². The summed E-state index contributed by atoms with van der Waals surface area (Å²) in [7, 11) is 0. The fourth-order valence-corrected chi connectivity index (χ4v) is 2.54. The van der Waals surface area contributed by atoms with E-state index in [1.54, 1.807) is 0 Å². The minimum Gasteiger partial charge on any atom is -0.313 e. The van der Waals surface area contributed by atoms with Crippen molar-refractivity contribution in [1.82, 2.24) is 5.32 Å². The van der Waals surface area contributed by atoms with Gasteiger partial charge in [-0.2, -0.15) is 0 Å². The zero-order valence-electron chi connectivity index (χ0n) is 9.79. The number of hydrogen-bond donors (Lipinski definition) is 1. The first-order valence-corrected chi connectivity index (χ1v) is 6.02. The molecule has 1 heteroatoms. The third-order valence-electron chi connectivity index (χ3n) is 4.02. The summed E-state index contributed by atoms with van der Waals surface area (Å²) in [6, 6.07) is 11.5. The first-order valence-electron chi connectivity index (χ1n) is 6.02. The summed E-state index contributed by atoms with van der Waals surface area (Å²) in [5, 5.41) is 3.65. The molecule has 1 N–H and O–H groups in total. The fourth-order valence-electron chi connectivity index (χ4n) is 2.54. The van der Waals surface area contributed by atoms with E-state index in [2.05, 4.69) is 49.5 Å². The van der Waals surface area contributed by atoms with Gasteiger partial charge in [-0.3, -0.25) is 0 Å². The molecule has 82 valence electrons. The summed E-state index contributed by atoms with van der Waals surface area (Å²) < 4.78 is 0. The van der Waals surface area contributed by atoms with Gasteiger partial charge in [-0.15, -0.1) is 0 Å². The van der Waals surface area contributed by atoms with Gasteiger partial charge in [0.15, 0.2) is 0 Å². The van der Waals surface area contributed by atoms with Crippen LogP contribution in [0, 0.1) is 5.41 Å². The fraction of sp³-hybridized carbons (Fsp3) is 0.571. The molecule has 0 saturated carbocycles. The van der Waals surface area contributed by atoms with E-state index in [1.165, 1.54) is 31.4 Å². The van der Waals surface area contributed by atoms with E-state index in [4.69, 9.17) is 0 Å². The average Bonchev–Trinajstić information content (AvgIpc) is 2.63. The van der Waals surface area contributed by atoms with Crippen LogP contribution in [0.5, 0.6) is 0 Å². The van der Waals surface area contributed by atoms with Gasteiger partial charge in [-0.1, -0.05) is 44.2 Å². The maximum absolute atomic E-state index is 3.65. The first kappa shape index (κ1) is 10.7. The highest BCUT2D eigenvalue weighted by Crippen LogP contribution is 2.35. The van der Waals surface area contributed by atoms with Crippen molar-refractivity contribution in [2.24, 2.45) is 5.41 Å². The van der Waals surface area contributed by atoms with Crippen molar-refractivity contribution >= 4 is 0 Å². The van der Waals surface area contributed by atoms with Crippen molar-refractivity contribution in [2.75, 3.05) is 6.54 Å². The van der Waals surface area contributed by atoms with Gasteiger partial charge in [0.25, 0.3) is 0 Å². The van der Waals surface area contributed by atoms with Crippen LogP contribution in [-0.2, 0) is 6.42 Å².